The van der Waals surface area contributed by atoms with Gasteiger partial charge in [0.2, 0.25) is 0 Å². The summed E-state index contributed by atoms with van der Waals surface area (Å²) >= 11 is 4.72. The van der Waals surface area contributed by atoms with Gasteiger partial charge in [-0.1, -0.05) is 12.2 Å². The van der Waals surface area contributed by atoms with Gasteiger partial charge in [0.1, 0.15) is 0 Å². The molecule has 3 N–H and O–H groups in total. The van der Waals surface area contributed by atoms with E-state index in [2.05, 4.69) is 4.72 Å². The van der Waals surface area contributed by atoms with Crippen molar-refractivity contribution in [2.75, 3.05) is 27.3 Å². The van der Waals surface area contributed by atoms with Crippen LogP contribution in [-0.4, -0.2) is 51.1 Å². The second kappa shape index (κ2) is 6.33. The molecule has 0 spiro atoms. The van der Waals surface area contributed by atoms with Crippen LogP contribution in [0.5, 0.6) is 0 Å². The maximum atomic E-state index is 11.6. The third kappa shape index (κ3) is 4.85. The Balaban J connectivity index is 4.39. The van der Waals surface area contributed by atoms with Crippen LogP contribution in [0.25, 0.3) is 0 Å². The van der Waals surface area contributed by atoms with Crippen molar-refractivity contribution in [3.63, 3.8) is 0 Å². The Bertz CT molecular complexity index is 305. The standard InChI is InChI=1S/C7H17N3O3S2/c1-6(7(8)14)10(2)15(11,12)9-4-5-13-3/h6,9H,4-5H2,1-3H3,(H2,8,14). The minimum Gasteiger partial charge on any atom is -0.392 e. The van der Waals surface area contributed by atoms with Crippen molar-refractivity contribution < 1.29 is 13.2 Å². The van der Waals surface area contributed by atoms with Gasteiger partial charge in [0.05, 0.1) is 17.6 Å². The number of ether oxygens (including phenoxy) is 1. The van der Waals surface area contributed by atoms with Crippen molar-refractivity contribution in [2.24, 2.45) is 5.73 Å². The summed E-state index contributed by atoms with van der Waals surface area (Å²) in [6.07, 6.45) is 0. The molecule has 90 valence electrons. The fourth-order valence-corrected chi connectivity index (χ4v) is 2.06. The number of hydrogen-bond donors (Lipinski definition) is 2. The van der Waals surface area contributed by atoms with E-state index in [9.17, 15) is 8.42 Å². The summed E-state index contributed by atoms with van der Waals surface area (Å²) in [5, 5.41) is 0. The topological polar surface area (TPSA) is 84.7 Å². The summed E-state index contributed by atoms with van der Waals surface area (Å²) in [7, 11) is -0.630. The maximum absolute atomic E-state index is 11.6. The van der Waals surface area contributed by atoms with Crippen LogP contribution in [0, 0.1) is 0 Å². The van der Waals surface area contributed by atoms with E-state index in [0.29, 0.717) is 6.61 Å². The summed E-state index contributed by atoms with van der Waals surface area (Å²) < 4.78 is 31.4. The van der Waals surface area contributed by atoms with Gasteiger partial charge in [-0.05, 0) is 6.92 Å². The van der Waals surface area contributed by atoms with E-state index in [1.807, 2.05) is 0 Å². The fourth-order valence-electron chi connectivity index (χ4n) is 0.762. The van der Waals surface area contributed by atoms with Gasteiger partial charge in [-0.15, -0.1) is 0 Å². The highest BCUT2D eigenvalue weighted by Gasteiger charge is 2.23. The molecule has 0 aromatic carbocycles. The zero-order chi connectivity index (χ0) is 12.1. The Morgan fingerprint density at radius 1 is 1.67 bits per heavy atom. The van der Waals surface area contributed by atoms with E-state index >= 15 is 0 Å². The van der Waals surface area contributed by atoms with E-state index < -0.39 is 16.3 Å². The first-order valence-electron chi connectivity index (χ1n) is 4.33. The normalized spacial score (nSPS) is 14.1. The summed E-state index contributed by atoms with van der Waals surface area (Å²) in [6.45, 7) is 2.15. The van der Waals surface area contributed by atoms with Crippen LogP contribution in [0.4, 0.5) is 0 Å². The van der Waals surface area contributed by atoms with Crippen LogP contribution in [0.2, 0.25) is 0 Å². The van der Waals surface area contributed by atoms with Gasteiger partial charge in [-0.3, -0.25) is 0 Å². The average Bonchev–Trinajstić information content (AvgIpc) is 2.15. The number of rotatable bonds is 7. The van der Waals surface area contributed by atoms with Crippen LogP contribution in [0.3, 0.4) is 0 Å². The summed E-state index contributed by atoms with van der Waals surface area (Å²) in [4.78, 5) is 0.134. The lowest BCUT2D eigenvalue weighted by Gasteiger charge is -2.23. The molecule has 0 saturated heterocycles. The first-order valence-corrected chi connectivity index (χ1v) is 6.18. The van der Waals surface area contributed by atoms with Gasteiger partial charge in [0, 0.05) is 20.7 Å². The third-order valence-corrected chi connectivity index (χ3v) is 3.91. The van der Waals surface area contributed by atoms with Crippen molar-refractivity contribution in [3.8, 4) is 0 Å². The maximum Gasteiger partial charge on any atom is 0.279 e. The zero-order valence-corrected chi connectivity index (χ0v) is 10.7. The molecule has 0 radical (unpaired) electrons. The Labute approximate surface area is 95.9 Å². The largest absolute Gasteiger partial charge is 0.392 e. The van der Waals surface area contributed by atoms with Gasteiger partial charge in [-0.2, -0.15) is 17.4 Å². The van der Waals surface area contributed by atoms with E-state index in [4.69, 9.17) is 22.7 Å². The van der Waals surface area contributed by atoms with Gasteiger partial charge in [0.25, 0.3) is 10.2 Å². The molecule has 0 rings (SSSR count). The molecule has 0 saturated carbocycles. The minimum absolute atomic E-state index is 0.134. The van der Waals surface area contributed by atoms with Crippen LogP contribution >= 0.6 is 12.2 Å². The molecule has 1 unspecified atom stereocenters. The molecule has 6 nitrogen and oxygen atoms in total. The molecule has 0 amide bonds. The molecule has 0 aromatic heterocycles. The molecular formula is C7H17N3O3S2. The monoisotopic (exact) mass is 255 g/mol. The van der Waals surface area contributed by atoms with E-state index in [0.717, 1.165) is 4.31 Å². The highest BCUT2D eigenvalue weighted by Crippen LogP contribution is 2.01. The molecule has 0 bridgehead atoms. The number of thiocarbonyl (C=S) groups is 1. The van der Waals surface area contributed by atoms with E-state index in [1.165, 1.54) is 14.2 Å². The smallest absolute Gasteiger partial charge is 0.279 e. The van der Waals surface area contributed by atoms with Crippen molar-refractivity contribution in [2.45, 2.75) is 13.0 Å². The van der Waals surface area contributed by atoms with E-state index in [1.54, 1.807) is 6.92 Å². The molecule has 0 aliphatic rings. The highest BCUT2D eigenvalue weighted by atomic mass is 32.2. The number of likely N-dealkylation sites (N-methyl/N-ethyl adjacent to an activating group) is 1. The first-order chi connectivity index (χ1) is 6.83. The molecule has 0 aromatic rings. The van der Waals surface area contributed by atoms with E-state index in [-0.39, 0.29) is 11.5 Å². The van der Waals surface area contributed by atoms with Gasteiger partial charge >= 0.3 is 0 Å². The lowest BCUT2D eigenvalue weighted by Crippen LogP contribution is -2.48. The summed E-state index contributed by atoms with van der Waals surface area (Å²) in [5.41, 5.74) is 5.36. The number of nitrogens with one attached hydrogen (secondary N) is 1. The molecule has 0 aliphatic carbocycles. The predicted molar refractivity (Wildman–Crippen MR) is 62.8 cm³/mol. The van der Waals surface area contributed by atoms with Gasteiger partial charge in [0.15, 0.2) is 0 Å². The van der Waals surface area contributed by atoms with Crippen LogP contribution < -0.4 is 10.5 Å². The lowest BCUT2D eigenvalue weighted by molar-refractivity contribution is 0.204. The number of methoxy groups -OCH3 is 1. The fraction of sp³-hybridized carbons (Fsp3) is 0.857. The summed E-state index contributed by atoms with van der Waals surface area (Å²) in [5.74, 6) is 0. The highest BCUT2D eigenvalue weighted by molar-refractivity contribution is 7.87. The van der Waals surface area contributed by atoms with Gasteiger partial charge < -0.3 is 10.5 Å². The van der Waals surface area contributed by atoms with Crippen LogP contribution in [0.15, 0.2) is 0 Å². The molecule has 8 heteroatoms. The van der Waals surface area contributed by atoms with Crippen LogP contribution in [0.1, 0.15) is 6.92 Å². The average molecular weight is 255 g/mol. The Morgan fingerprint density at radius 2 is 2.20 bits per heavy atom. The van der Waals surface area contributed by atoms with Crippen LogP contribution in [-0.2, 0) is 14.9 Å². The number of nitrogens with two attached hydrogens (primary N) is 1. The number of nitrogens with zero attached hydrogens (tertiary/aromatic N) is 1. The molecule has 1 atom stereocenters. The Kier molecular flexibility index (Phi) is 6.22. The van der Waals surface area contributed by atoms with Crippen molar-refractivity contribution in [1.29, 1.82) is 0 Å². The molecule has 0 aliphatic heterocycles. The Hall–Kier alpha value is -0.280. The quantitative estimate of drug-likeness (QED) is 0.454. The third-order valence-electron chi connectivity index (χ3n) is 1.93. The van der Waals surface area contributed by atoms with Crippen molar-refractivity contribution >= 4 is 27.4 Å². The molecule has 15 heavy (non-hydrogen) atoms. The molecule has 0 heterocycles. The second-order valence-corrected chi connectivity index (χ2v) is 5.27. The van der Waals surface area contributed by atoms with Gasteiger partial charge in [-0.25, -0.2) is 0 Å². The SMILES string of the molecule is COCCNS(=O)(=O)N(C)C(C)C(N)=S. The zero-order valence-electron chi connectivity index (χ0n) is 9.06. The molecule has 0 fully saturated rings. The minimum atomic E-state index is -3.54. The summed E-state index contributed by atoms with van der Waals surface area (Å²) in [6, 6.07) is -0.514. The second-order valence-electron chi connectivity index (χ2n) is 2.99. The Morgan fingerprint density at radius 3 is 2.60 bits per heavy atom. The molecular weight excluding hydrogens is 238 g/mol. The number of hydrogen-bond acceptors (Lipinski definition) is 4. The predicted octanol–water partition coefficient (Wildman–Crippen LogP) is -0.926. The first kappa shape index (κ1) is 14.7. The van der Waals surface area contributed by atoms with Crippen molar-refractivity contribution in [1.82, 2.24) is 9.03 Å². The lowest BCUT2D eigenvalue weighted by atomic mass is 10.3. The van der Waals surface area contributed by atoms with Crippen molar-refractivity contribution in [3.05, 3.63) is 0 Å².